The van der Waals surface area contributed by atoms with E-state index in [4.69, 9.17) is 9.47 Å². The lowest BCUT2D eigenvalue weighted by Crippen LogP contribution is -2.50. The summed E-state index contributed by atoms with van der Waals surface area (Å²) in [6.45, 7) is 7.85. The lowest BCUT2D eigenvalue weighted by molar-refractivity contribution is -0.384. The first-order valence-corrected chi connectivity index (χ1v) is 11.5. The van der Waals surface area contributed by atoms with Crippen molar-refractivity contribution < 1.29 is 24.0 Å². The van der Waals surface area contributed by atoms with Crippen molar-refractivity contribution in [1.29, 1.82) is 0 Å². The zero-order chi connectivity index (χ0) is 24.7. The van der Waals surface area contributed by atoms with Crippen LogP contribution in [0.1, 0.15) is 49.0 Å². The molecule has 0 aromatic heterocycles. The molecule has 2 aromatic rings. The van der Waals surface area contributed by atoms with E-state index in [1.807, 2.05) is 29.2 Å². The Morgan fingerprint density at radius 2 is 1.74 bits per heavy atom. The van der Waals surface area contributed by atoms with E-state index in [2.05, 4.69) is 13.8 Å². The number of rotatable bonds is 9. The van der Waals surface area contributed by atoms with Gasteiger partial charge in [0, 0.05) is 32.2 Å². The summed E-state index contributed by atoms with van der Waals surface area (Å²) in [6.07, 6.45) is 1.06. The summed E-state index contributed by atoms with van der Waals surface area (Å²) in [5.74, 6) is 0.403. The van der Waals surface area contributed by atoms with Crippen LogP contribution in [0.5, 0.6) is 5.75 Å². The zero-order valence-electron chi connectivity index (χ0n) is 19.9. The molecule has 0 aliphatic carbocycles. The summed E-state index contributed by atoms with van der Waals surface area (Å²) in [7, 11) is 0. The Kier molecular flexibility index (Phi) is 8.45. The third-order valence-corrected chi connectivity index (χ3v) is 6.08. The number of nitrogens with zero attached hydrogens (tertiary/aromatic N) is 3. The van der Waals surface area contributed by atoms with Crippen molar-refractivity contribution in [3.8, 4) is 5.75 Å². The van der Waals surface area contributed by atoms with Gasteiger partial charge < -0.3 is 19.3 Å². The van der Waals surface area contributed by atoms with E-state index in [0.29, 0.717) is 43.5 Å². The summed E-state index contributed by atoms with van der Waals surface area (Å²) in [5, 5.41) is 11.6. The van der Waals surface area contributed by atoms with Crippen LogP contribution >= 0.6 is 0 Å². The summed E-state index contributed by atoms with van der Waals surface area (Å²) in [6, 6.07) is 12.1. The summed E-state index contributed by atoms with van der Waals surface area (Å²) >= 11 is 0. The molecule has 1 amide bonds. The fourth-order valence-electron chi connectivity index (χ4n) is 3.84. The van der Waals surface area contributed by atoms with Crippen molar-refractivity contribution in [1.82, 2.24) is 4.90 Å². The minimum Gasteiger partial charge on any atom is -0.484 e. The van der Waals surface area contributed by atoms with Gasteiger partial charge in [0.15, 0.2) is 6.61 Å². The zero-order valence-corrected chi connectivity index (χ0v) is 19.9. The van der Waals surface area contributed by atoms with Crippen LogP contribution < -0.4 is 9.64 Å². The monoisotopic (exact) mass is 469 g/mol. The number of nitro groups is 1. The molecule has 0 bridgehead atoms. The molecule has 1 fully saturated rings. The Balaban J connectivity index is 1.56. The lowest BCUT2D eigenvalue weighted by Gasteiger charge is -2.35. The topological polar surface area (TPSA) is 102 Å². The van der Waals surface area contributed by atoms with Crippen LogP contribution in [0.15, 0.2) is 42.5 Å². The van der Waals surface area contributed by atoms with Gasteiger partial charge in [-0.2, -0.15) is 0 Å². The number of piperazine rings is 1. The van der Waals surface area contributed by atoms with Gasteiger partial charge in [0.25, 0.3) is 11.6 Å². The normalized spacial score (nSPS) is 14.4. The Hall–Kier alpha value is -3.62. The largest absolute Gasteiger partial charge is 0.484 e. The highest BCUT2D eigenvalue weighted by atomic mass is 16.6. The van der Waals surface area contributed by atoms with E-state index in [9.17, 15) is 19.7 Å². The number of benzene rings is 2. The minimum absolute atomic E-state index is 0.0585. The molecule has 0 spiro atoms. The van der Waals surface area contributed by atoms with E-state index in [0.717, 1.165) is 6.42 Å². The number of hydrogen-bond donors (Lipinski definition) is 0. The van der Waals surface area contributed by atoms with Crippen LogP contribution in [0.25, 0.3) is 0 Å². The number of anilines is 1. The van der Waals surface area contributed by atoms with E-state index >= 15 is 0 Å². The Labute approximate surface area is 199 Å². The van der Waals surface area contributed by atoms with E-state index < -0.39 is 10.9 Å². The van der Waals surface area contributed by atoms with Gasteiger partial charge in [0.05, 0.1) is 17.1 Å². The molecule has 2 aromatic carbocycles. The quantitative estimate of drug-likeness (QED) is 0.311. The van der Waals surface area contributed by atoms with Crippen molar-refractivity contribution in [2.24, 2.45) is 0 Å². The van der Waals surface area contributed by atoms with Crippen LogP contribution in [-0.2, 0) is 9.53 Å². The first kappa shape index (κ1) is 25.0. The molecule has 3 rings (SSSR count). The highest BCUT2D eigenvalue weighted by Crippen LogP contribution is 2.30. The van der Waals surface area contributed by atoms with Crippen LogP contribution in [0.3, 0.4) is 0 Å². The number of hydrogen-bond acceptors (Lipinski definition) is 7. The highest BCUT2D eigenvalue weighted by Gasteiger charge is 2.27. The van der Waals surface area contributed by atoms with Crippen molar-refractivity contribution >= 4 is 23.3 Å². The average Bonchev–Trinajstić information content (AvgIpc) is 2.87. The maximum absolute atomic E-state index is 12.6. The summed E-state index contributed by atoms with van der Waals surface area (Å²) in [5.41, 5.74) is 1.64. The van der Waals surface area contributed by atoms with Crippen LogP contribution in [0.4, 0.5) is 11.4 Å². The molecule has 1 heterocycles. The number of nitro benzene ring substituents is 1. The first-order valence-electron chi connectivity index (χ1n) is 11.5. The fourth-order valence-corrected chi connectivity index (χ4v) is 3.84. The maximum atomic E-state index is 12.6. The van der Waals surface area contributed by atoms with Gasteiger partial charge in [-0.25, -0.2) is 4.79 Å². The smallest absolute Gasteiger partial charge is 0.338 e. The number of amides is 1. The minimum atomic E-state index is -0.595. The Morgan fingerprint density at radius 1 is 1.06 bits per heavy atom. The molecule has 34 heavy (non-hydrogen) atoms. The molecule has 182 valence electrons. The van der Waals surface area contributed by atoms with E-state index in [-0.39, 0.29) is 30.4 Å². The summed E-state index contributed by atoms with van der Waals surface area (Å²) < 4.78 is 10.6. The molecule has 1 atom stereocenters. The van der Waals surface area contributed by atoms with Crippen molar-refractivity contribution in [3.63, 3.8) is 0 Å². The van der Waals surface area contributed by atoms with Crippen molar-refractivity contribution in [3.05, 3.63) is 63.7 Å². The van der Waals surface area contributed by atoms with Gasteiger partial charge in [-0.1, -0.05) is 26.0 Å². The third-order valence-electron chi connectivity index (χ3n) is 6.08. The third kappa shape index (κ3) is 6.03. The van der Waals surface area contributed by atoms with Gasteiger partial charge in [-0.15, -0.1) is 0 Å². The van der Waals surface area contributed by atoms with Crippen LogP contribution in [-0.4, -0.2) is 61.1 Å². The fraction of sp³-hybridized carbons (Fsp3) is 0.440. The van der Waals surface area contributed by atoms with E-state index in [1.165, 1.54) is 17.7 Å². The second kappa shape index (κ2) is 11.5. The molecule has 1 saturated heterocycles. The Morgan fingerprint density at radius 3 is 2.32 bits per heavy atom. The first-order chi connectivity index (χ1) is 16.3. The maximum Gasteiger partial charge on any atom is 0.338 e. The Bertz CT molecular complexity index is 1020. The molecule has 0 N–H and O–H groups in total. The molecular formula is C25H31N3O6. The lowest BCUT2D eigenvalue weighted by atomic mass is 9.99. The molecule has 0 saturated carbocycles. The van der Waals surface area contributed by atoms with Crippen LogP contribution in [0.2, 0.25) is 0 Å². The van der Waals surface area contributed by atoms with Gasteiger partial charge in [0.1, 0.15) is 11.4 Å². The predicted molar refractivity (Wildman–Crippen MR) is 128 cm³/mol. The highest BCUT2D eigenvalue weighted by molar-refractivity contribution is 5.91. The molecule has 1 aliphatic heterocycles. The van der Waals surface area contributed by atoms with Gasteiger partial charge in [0.2, 0.25) is 0 Å². The van der Waals surface area contributed by atoms with Crippen LogP contribution in [0, 0.1) is 10.1 Å². The number of ether oxygens (including phenoxy) is 2. The van der Waals surface area contributed by atoms with Crippen molar-refractivity contribution in [2.75, 3.05) is 44.3 Å². The second-order valence-electron chi connectivity index (χ2n) is 8.22. The predicted octanol–water partition coefficient (Wildman–Crippen LogP) is 4.01. The number of carbonyl (C=O) groups is 2. The molecule has 9 nitrogen and oxygen atoms in total. The average molecular weight is 470 g/mol. The molecule has 0 unspecified atom stereocenters. The number of carbonyl (C=O) groups excluding carboxylic acids is 2. The molecule has 9 heteroatoms. The standard InChI is InChI=1S/C25H31N3O6/c1-4-18(3)19-6-9-21(10-7-19)34-17-24(29)27-14-12-26(13-15-27)22-11-8-20(25(30)33-5-2)16-23(22)28(31)32/h6-11,16,18H,4-5,12-15,17H2,1-3H3/t18-/m1/s1. The molecule has 1 aliphatic rings. The van der Waals surface area contributed by atoms with Gasteiger partial charge in [-0.05, 0) is 49.1 Å². The second-order valence-corrected chi connectivity index (χ2v) is 8.22. The SMILES string of the molecule is CCOC(=O)c1ccc(N2CCN(C(=O)COc3ccc([C@H](C)CC)cc3)CC2)c([N+](=O)[O-])c1. The molecule has 0 radical (unpaired) electrons. The number of esters is 1. The van der Waals surface area contributed by atoms with Gasteiger partial charge in [-0.3, -0.25) is 14.9 Å². The summed E-state index contributed by atoms with van der Waals surface area (Å²) in [4.78, 5) is 39.2. The molecular weight excluding hydrogens is 438 g/mol. The van der Waals surface area contributed by atoms with E-state index in [1.54, 1.807) is 17.9 Å². The van der Waals surface area contributed by atoms with Gasteiger partial charge >= 0.3 is 5.97 Å². The van der Waals surface area contributed by atoms with Crippen molar-refractivity contribution in [2.45, 2.75) is 33.1 Å².